The molecular formula is C27H26N2O9. The maximum Gasteiger partial charge on any atom is 0.338 e. The molecule has 0 saturated carbocycles. The van der Waals surface area contributed by atoms with E-state index in [0.717, 1.165) is 10.6 Å². The Labute approximate surface area is 216 Å². The first kappa shape index (κ1) is 25.6. The van der Waals surface area contributed by atoms with Crippen molar-refractivity contribution in [2.45, 2.75) is 43.7 Å². The number of rotatable bonds is 7. The molecule has 3 heterocycles. The van der Waals surface area contributed by atoms with E-state index < -0.39 is 59.6 Å². The lowest BCUT2D eigenvalue weighted by Crippen LogP contribution is -2.54. The number of carbonyl (C=O) groups excluding carboxylic acids is 2. The Morgan fingerprint density at radius 3 is 2.08 bits per heavy atom. The standard InChI is InChI=1S/C27H26N2O9/c1-26(2)37-21-19(15-34-23(31)17-9-5-3-6-10-17)36-27(22(21)38-26,29-14-13-20(30)28-25(29)33)16-35-24(32)18-11-7-4-8-12-18/h3-14,19,21-22H,15-16H2,1-2H3,(H,28,30,33)/t19-,21-,22-,27-/m1/s1. The fraction of sp³-hybridized carbons (Fsp3) is 0.333. The molecule has 11 nitrogen and oxygen atoms in total. The summed E-state index contributed by atoms with van der Waals surface area (Å²) in [6.07, 6.45) is -1.43. The molecule has 0 amide bonds. The number of H-pyrrole nitrogens is 1. The minimum Gasteiger partial charge on any atom is -0.459 e. The molecule has 198 valence electrons. The Morgan fingerprint density at radius 2 is 1.47 bits per heavy atom. The Bertz CT molecular complexity index is 1430. The molecule has 2 fully saturated rings. The Balaban J connectivity index is 1.48. The molecule has 2 aromatic carbocycles. The van der Waals surface area contributed by atoms with Crippen LogP contribution in [0, 0.1) is 0 Å². The van der Waals surface area contributed by atoms with E-state index in [9.17, 15) is 19.2 Å². The Kier molecular flexibility index (Phi) is 6.74. The second kappa shape index (κ2) is 10.0. The molecular weight excluding hydrogens is 496 g/mol. The van der Waals surface area contributed by atoms with Gasteiger partial charge < -0.3 is 23.7 Å². The van der Waals surface area contributed by atoms with Crippen LogP contribution >= 0.6 is 0 Å². The maximum absolute atomic E-state index is 13.0. The predicted octanol–water partition coefficient (Wildman–Crippen LogP) is 1.82. The van der Waals surface area contributed by atoms with Gasteiger partial charge in [0.15, 0.2) is 5.79 Å². The van der Waals surface area contributed by atoms with E-state index in [4.69, 9.17) is 23.7 Å². The van der Waals surface area contributed by atoms with Gasteiger partial charge in [-0.1, -0.05) is 36.4 Å². The first-order valence-electron chi connectivity index (χ1n) is 12.0. The van der Waals surface area contributed by atoms with Crippen molar-refractivity contribution in [1.82, 2.24) is 9.55 Å². The molecule has 1 N–H and O–H groups in total. The first-order valence-corrected chi connectivity index (χ1v) is 12.0. The molecule has 38 heavy (non-hydrogen) atoms. The van der Waals surface area contributed by atoms with E-state index >= 15 is 0 Å². The summed E-state index contributed by atoms with van der Waals surface area (Å²) in [6, 6.07) is 17.9. The maximum atomic E-state index is 13.0. The summed E-state index contributed by atoms with van der Waals surface area (Å²) in [7, 11) is 0. The third kappa shape index (κ3) is 4.91. The normalized spacial score (nSPS) is 25.5. The van der Waals surface area contributed by atoms with Crippen LogP contribution < -0.4 is 11.2 Å². The highest BCUT2D eigenvalue weighted by atomic mass is 16.8. The van der Waals surface area contributed by atoms with Crippen molar-refractivity contribution >= 4 is 11.9 Å². The van der Waals surface area contributed by atoms with Gasteiger partial charge in [-0.15, -0.1) is 0 Å². The summed E-state index contributed by atoms with van der Waals surface area (Å²) in [6.45, 7) is 2.68. The molecule has 0 radical (unpaired) electrons. The van der Waals surface area contributed by atoms with Gasteiger partial charge in [-0.2, -0.15) is 0 Å². The number of ether oxygens (including phenoxy) is 5. The van der Waals surface area contributed by atoms with Gasteiger partial charge in [-0.25, -0.2) is 14.4 Å². The lowest BCUT2D eigenvalue weighted by Gasteiger charge is -2.35. The van der Waals surface area contributed by atoms with E-state index in [2.05, 4.69) is 4.98 Å². The van der Waals surface area contributed by atoms with Crippen LogP contribution in [0.1, 0.15) is 34.6 Å². The molecule has 1 aromatic heterocycles. The summed E-state index contributed by atoms with van der Waals surface area (Å²) in [5.74, 6) is -2.32. The second-order valence-electron chi connectivity index (χ2n) is 9.41. The van der Waals surface area contributed by atoms with Crippen LogP contribution in [-0.2, 0) is 29.4 Å². The number of aromatic amines is 1. The molecule has 2 aliphatic rings. The number of esters is 2. The number of hydrogen-bond acceptors (Lipinski definition) is 9. The highest BCUT2D eigenvalue weighted by molar-refractivity contribution is 5.89. The summed E-state index contributed by atoms with van der Waals surface area (Å²) >= 11 is 0. The van der Waals surface area contributed by atoms with Crippen molar-refractivity contribution in [2.75, 3.05) is 13.2 Å². The van der Waals surface area contributed by atoms with E-state index in [1.165, 1.54) is 6.20 Å². The zero-order valence-electron chi connectivity index (χ0n) is 20.7. The van der Waals surface area contributed by atoms with Gasteiger partial charge >= 0.3 is 17.6 Å². The number of fused-ring (bicyclic) bond motifs is 1. The fourth-order valence-electron chi connectivity index (χ4n) is 4.67. The molecule has 3 aromatic rings. The SMILES string of the molecule is CC1(C)O[C@H]2[C@@H](O1)[C@](COC(=O)c1ccccc1)(n1ccc(=O)[nH]c1=O)O[C@@H]2COC(=O)c1ccccc1. The molecule has 4 atom stereocenters. The summed E-state index contributed by atoms with van der Waals surface area (Å²) in [4.78, 5) is 52.4. The van der Waals surface area contributed by atoms with Crippen LogP contribution in [0.5, 0.6) is 0 Å². The smallest absolute Gasteiger partial charge is 0.338 e. The molecule has 2 aliphatic heterocycles. The van der Waals surface area contributed by atoms with E-state index in [0.29, 0.717) is 11.1 Å². The summed E-state index contributed by atoms with van der Waals surface area (Å²) < 4.78 is 30.8. The van der Waals surface area contributed by atoms with Crippen LogP contribution in [0.25, 0.3) is 0 Å². The van der Waals surface area contributed by atoms with Gasteiger partial charge in [0.2, 0.25) is 5.72 Å². The number of benzene rings is 2. The van der Waals surface area contributed by atoms with Gasteiger partial charge in [0, 0.05) is 12.3 Å². The quantitative estimate of drug-likeness (QED) is 0.461. The van der Waals surface area contributed by atoms with E-state index in [-0.39, 0.29) is 6.61 Å². The van der Waals surface area contributed by atoms with Gasteiger partial charge in [0.25, 0.3) is 5.56 Å². The van der Waals surface area contributed by atoms with Crippen molar-refractivity contribution in [3.8, 4) is 0 Å². The average Bonchev–Trinajstić information content (AvgIpc) is 3.38. The third-order valence-corrected chi connectivity index (χ3v) is 6.33. The van der Waals surface area contributed by atoms with Gasteiger partial charge in [0.05, 0.1) is 11.1 Å². The summed E-state index contributed by atoms with van der Waals surface area (Å²) in [5.41, 5.74) is -2.51. The number of aromatic nitrogens is 2. The van der Waals surface area contributed by atoms with Crippen molar-refractivity contribution in [3.63, 3.8) is 0 Å². The van der Waals surface area contributed by atoms with Crippen LogP contribution in [-0.4, -0.2) is 58.8 Å². The van der Waals surface area contributed by atoms with Gasteiger partial charge in [0.1, 0.15) is 31.5 Å². The molecule has 11 heteroatoms. The second-order valence-corrected chi connectivity index (χ2v) is 9.41. The highest BCUT2D eigenvalue weighted by Gasteiger charge is 2.65. The Morgan fingerprint density at radius 1 is 0.868 bits per heavy atom. The lowest BCUT2D eigenvalue weighted by molar-refractivity contribution is -0.244. The van der Waals surface area contributed by atoms with Crippen LogP contribution in [0.4, 0.5) is 0 Å². The highest BCUT2D eigenvalue weighted by Crippen LogP contribution is 2.46. The molecule has 2 saturated heterocycles. The number of nitrogens with zero attached hydrogens (tertiary/aromatic N) is 1. The van der Waals surface area contributed by atoms with Gasteiger partial charge in [-0.3, -0.25) is 14.3 Å². The first-order chi connectivity index (χ1) is 18.2. The minimum atomic E-state index is -1.74. The largest absolute Gasteiger partial charge is 0.459 e. The predicted molar refractivity (Wildman–Crippen MR) is 131 cm³/mol. The van der Waals surface area contributed by atoms with Crippen LogP contribution in [0.2, 0.25) is 0 Å². The molecule has 0 bridgehead atoms. The van der Waals surface area contributed by atoms with E-state index in [1.807, 2.05) is 0 Å². The zero-order valence-corrected chi connectivity index (χ0v) is 20.7. The number of hydrogen-bond donors (Lipinski definition) is 1. The third-order valence-electron chi connectivity index (χ3n) is 6.33. The molecule has 0 aliphatic carbocycles. The Hall–Kier alpha value is -4.06. The fourth-order valence-corrected chi connectivity index (χ4v) is 4.67. The topological polar surface area (TPSA) is 135 Å². The molecule has 0 unspecified atom stereocenters. The van der Waals surface area contributed by atoms with Crippen LogP contribution in [0.15, 0.2) is 82.5 Å². The minimum absolute atomic E-state index is 0.235. The number of nitrogens with one attached hydrogen (secondary N) is 1. The van der Waals surface area contributed by atoms with Crippen molar-refractivity contribution < 1.29 is 33.3 Å². The van der Waals surface area contributed by atoms with Crippen molar-refractivity contribution in [1.29, 1.82) is 0 Å². The lowest BCUT2D eigenvalue weighted by atomic mass is 10.0. The zero-order chi connectivity index (χ0) is 26.9. The molecule has 0 spiro atoms. The van der Waals surface area contributed by atoms with Gasteiger partial charge in [-0.05, 0) is 38.1 Å². The number of carbonyl (C=O) groups is 2. The van der Waals surface area contributed by atoms with Crippen molar-refractivity contribution in [2.24, 2.45) is 0 Å². The monoisotopic (exact) mass is 522 g/mol. The average molecular weight is 523 g/mol. The van der Waals surface area contributed by atoms with Crippen molar-refractivity contribution in [3.05, 3.63) is 105 Å². The van der Waals surface area contributed by atoms with E-state index in [1.54, 1.807) is 74.5 Å². The van der Waals surface area contributed by atoms with Crippen LogP contribution in [0.3, 0.4) is 0 Å². The summed E-state index contributed by atoms with van der Waals surface area (Å²) in [5, 5.41) is 0. The molecule has 5 rings (SSSR count).